The van der Waals surface area contributed by atoms with Crippen molar-refractivity contribution in [2.75, 3.05) is 0 Å². The van der Waals surface area contributed by atoms with E-state index < -0.39 is 36.8 Å². The number of halogens is 3. The van der Waals surface area contributed by atoms with Crippen molar-refractivity contribution >= 4 is 37.1 Å². The molecule has 36 heavy (non-hydrogen) atoms. The molecule has 0 aliphatic heterocycles. The number of alkyl halides is 3. The minimum absolute atomic E-state index is 0.00664. The van der Waals surface area contributed by atoms with Crippen molar-refractivity contribution in [3.8, 4) is 5.75 Å². The molecular formula is C24H17F3N2O5S2. The summed E-state index contributed by atoms with van der Waals surface area (Å²) < 4.78 is 94.2. The Morgan fingerprint density at radius 3 is 2.14 bits per heavy atom. The van der Waals surface area contributed by atoms with Crippen molar-refractivity contribution in [3.05, 3.63) is 102 Å². The molecule has 0 unspecified atom stereocenters. The van der Waals surface area contributed by atoms with Gasteiger partial charge in [-0.2, -0.15) is 35.1 Å². The first-order chi connectivity index (χ1) is 17.0. The lowest BCUT2D eigenvalue weighted by atomic mass is 10.1. The number of hydrogen-bond donors (Lipinski definition) is 1. The van der Waals surface area contributed by atoms with Crippen molar-refractivity contribution in [1.29, 1.82) is 0 Å². The van der Waals surface area contributed by atoms with Crippen LogP contribution in [0.1, 0.15) is 11.1 Å². The Morgan fingerprint density at radius 2 is 1.42 bits per heavy atom. The third-order valence-electron chi connectivity index (χ3n) is 5.00. The van der Waals surface area contributed by atoms with E-state index in [0.29, 0.717) is 17.5 Å². The summed E-state index contributed by atoms with van der Waals surface area (Å²) in [5, 5.41) is 4.95. The molecule has 0 amide bonds. The number of sulfonamides is 1. The van der Waals surface area contributed by atoms with Crippen LogP contribution >= 0.6 is 0 Å². The van der Waals surface area contributed by atoms with Gasteiger partial charge in [-0.1, -0.05) is 48.5 Å². The van der Waals surface area contributed by atoms with Gasteiger partial charge in [0.25, 0.3) is 10.0 Å². The first-order valence-electron chi connectivity index (χ1n) is 10.2. The Hall–Kier alpha value is -3.90. The first kappa shape index (κ1) is 25.2. The second kappa shape index (κ2) is 9.63. The molecule has 0 saturated carbocycles. The largest absolute Gasteiger partial charge is 0.416 e. The summed E-state index contributed by atoms with van der Waals surface area (Å²) in [6.07, 6.45) is -3.56. The van der Waals surface area contributed by atoms with Crippen LogP contribution in [0.15, 0.2) is 106 Å². The van der Waals surface area contributed by atoms with Gasteiger partial charge in [0.1, 0.15) is 4.90 Å². The fourth-order valence-corrected chi connectivity index (χ4v) is 5.26. The number of fused-ring (bicyclic) bond motifs is 1. The molecule has 4 aromatic carbocycles. The molecule has 1 N–H and O–H groups in total. The van der Waals surface area contributed by atoms with E-state index in [4.69, 9.17) is 4.18 Å². The quantitative estimate of drug-likeness (QED) is 0.206. The summed E-state index contributed by atoms with van der Waals surface area (Å²) >= 11 is 0. The van der Waals surface area contributed by atoms with E-state index in [-0.39, 0.29) is 16.2 Å². The summed E-state index contributed by atoms with van der Waals surface area (Å²) in [5.74, 6) is -0.203. The molecule has 0 heterocycles. The van der Waals surface area contributed by atoms with Gasteiger partial charge < -0.3 is 4.18 Å². The number of para-hydroxylation sites is 1. The summed E-state index contributed by atoms with van der Waals surface area (Å²) in [6, 6.07) is 20.2. The highest BCUT2D eigenvalue weighted by atomic mass is 32.2. The zero-order valence-electron chi connectivity index (χ0n) is 18.2. The molecule has 4 aromatic rings. The van der Waals surface area contributed by atoms with Crippen LogP contribution in [0.4, 0.5) is 13.2 Å². The molecule has 0 aliphatic rings. The monoisotopic (exact) mass is 534 g/mol. The Morgan fingerprint density at radius 1 is 0.778 bits per heavy atom. The predicted molar refractivity (Wildman–Crippen MR) is 128 cm³/mol. The molecule has 0 fully saturated rings. The highest BCUT2D eigenvalue weighted by Gasteiger charge is 2.31. The summed E-state index contributed by atoms with van der Waals surface area (Å²) in [7, 11) is -8.55. The van der Waals surface area contributed by atoms with Gasteiger partial charge in [-0.25, -0.2) is 4.83 Å². The molecule has 4 rings (SSSR count). The van der Waals surface area contributed by atoms with Crippen molar-refractivity contribution < 1.29 is 34.2 Å². The van der Waals surface area contributed by atoms with Gasteiger partial charge in [0.15, 0.2) is 5.75 Å². The number of hydrazone groups is 1. The maximum atomic E-state index is 12.8. The minimum Gasteiger partial charge on any atom is -0.378 e. The van der Waals surface area contributed by atoms with E-state index >= 15 is 0 Å². The molecule has 0 spiro atoms. The topological polar surface area (TPSA) is 102 Å². The third kappa shape index (κ3) is 5.50. The third-order valence-corrected chi connectivity index (χ3v) is 7.53. The van der Waals surface area contributed by atoms with Crippen molar-refractivity contribution in [1.82, 2.24) is 4.83 Å². The van der Waals surface area contributed by atoms with Crippen LogP contribution in [-0.4, -0.2) is 23.1 Å². The number of benzene rings is 4. The maximum Gasteiger partial charge on any atom is 0.416 e. The number of nitrogens with one attached hydrogen (secondary N) is 1. The number of hydrogen-bond acceptors (Lipinski definition) is 6. The van der Waals surface area contributed by atoms with E-state index in [9.17, 15) is 30.0 Å². The Labute approximate surface area is 205 Å². The molecule has 12 heteroatoms. The second-order valence-corrected chi connectivity index (χ2v) is 10.6. The molecule has 0 radical (unpaired) electrons. The van der Waals surface area contributed by atoms with Crippen LogP contribution < -0.4 is 9.01 Å². The first-order valence-corrected chi connectivity index (χ1v) is 13.1. The van der Waals surface area contributed by atoms with Crippen molar-refractivity contribution in [3.63, 3.8) is 0 Å². The molecule has 0 saturated heterocycles. The standard InChI is InChI=1S/C24H17F3N2O5S2/c25-24(26,27)19-12-14-20(15-13-19)36(32,33)34-22-10-4-2-7-18(22)16-28-29-35(30,31)23-11-5-8-17-6-1-3-9-21(17)23/h1-16,29H. The SMILES string of the molecule is O=S(=O)(NN=Cc1ccccc1OS(=O)(=O)c1ccc(C(F)(F)F)cc1)c1cccc2ccccc12. The van der Waals surface area contributed by atoms with E-state index in [1.165, 1.54) is 30.3 Å². The van der Waals surface area contributed by atoms with Crippen LogP contribution in [0, 0.1) is 0 Å². The van der Waals surface area contributed by atoms with Gasteiger partial charge in [0.2, 0.25) is 0 Å². The van der Waals surface area contributed by atoms with Crippen LogP contribution in [0.2, 0.25) is 0 Å². The lowest BCUT2D eigenvalue weighted by Gasteiger charge is -2.11. The van der Waals surface area contributed by atoms with E-state index in [2.05, 4.69) is 9.93 Å². The van der Waals surface area contributed by atoms with Gasteiger partial charge >= 0.3 is 16.3 Å². The van der Waals surface area contributed by atoms with Crippen molar-refractivity contribution in [2.24, 2.45) is 5.10 Å². The van der Waals surface area contributed by atoms with Gasteiger partial charge in [0, 0.05) is 10.9 Å². The van der Waals surface area contributed by atoms with E-state index in [0.717, 1.165) is 23.7 Å². The molecular weight excluding hydrogens is 517 g/mol. The summed E-state index contributed by atoms with van der Waals surface area (Å²) in [5.41, 5.74) is -0.902. The Kier molecular flexibility index (Phi) is 6.74. The van der Waals surface area contributed by atoms with Crippen LogP contribution in [0.3, 0.4) is 0 Å². The smallest absolute Gasteiger partial charge is 0.378 e. The van der Waals surface area contributed by atoms with Gasteiger partial charge in [-0.15, -0.1) is 0 Å². The molecule has 0 bridgehead atoms. The van der Waals surface area contributed by atoms with Gasteiger partial charge in [-0.05, 0) is 47.9 Å². The van der Waals surface area contributed by atoms with Crippen LogP contribution in [0.5, 0.6) is 5.75 Å². The molecule has 186 valence electrons. The van der Waals surface area contributed by atoms with E-state index in [1.54, 1.807) is 36.4 Å². The summed E-state index contributed by atoms with van der Waals surface area (Å²) in [4.78, 5) is 1.61. The van der Waals surface area contributed by atoms with Gasteiger partial charge in [-0.3, -0.25) is 0 Å². The zero-order chi connectivity index (χ0) is 26.0. The summed E-state index contributed by atoms with van der Waals surface area (Å²) in [6.45, 7) is 0. The minimum atomic E-state index is -4.62. The normalized spacial score (nSPS) is 12.6. The Balaban J connectivity index is 1.56. The maximum absolute atomic E-state index is 12.8. The lowest BCUT2D eigenvalue weighted by Crippen LogP contribution is -2.19. The predicted octanol–water partition coefficient (Wildman–Crippen LogP) is 4.94. The molecule has 0 aliphatic carbocycles. The van der Waals surface area contributed by atoms with Crippen molar-refractivity contribution in [2.45, 2.75) is 16.0 Å². The fraction of sp³-hybridized carbons (Fsp3) is 0.0417. The molecule has 0 aromatic heterocycles. The average molecular weight is 535 g/mol. The number of nitrogens with zero attached hydrogens (tertiary/aromatic N) is 1. The molecule has 7 nitrogen and oxygen atoms in total. The lowest BCUT2D eigenvalue weighted by molar-refractivity contribution is -0.137. The average Bonchev–Trinajstić information content (AvgIpc) is 2.84. The Bertz CT molecular complexity index is 1650. The number of rotatable bonds is 7. The van der Waals surface area contributed by atoms with Gasteiger partial charge in [0.05, 0.1) is 16.7 Å². The zero-order valence-corrected chi connectivity index (χ0v) is 19.8. The van der Waals surface area contributed by atoms with E-state index in [1.807, 2.05) is 0 Å². The van der Waals surface area contributed by atoms with Crippen LogP contribution in [-0.2, 0) is 26.3 Å². The van der Waals surface area contributed by atoms with Crippen LogP contribution in [0.25, 0.3) is 10.8 Å². The fourth-order valence-electron chi connectivity index (χ4n) is 3.28. The highest BCUT2D eigenvalue weighted by Crippen LogP contribution is 2.30. The molecule has 0 atom stereocenters. The highest BCUT2D eigenvalue weighted by molar-refractivity contribution is 7.89. The second-order valence-electron chi connectivity index (χ2n) is 7.43.